The van der Waals surface area contributed by atoms with Gasteiger partial charge in [0.05, 0.1) is 19.8 Å². The van der Waals surface area contributed by atoms with Crippen LogP contribution < -0.4 is 20.1 Å². The predicted molar refractivity (Wildman–Crippen MR) is 113 cm³/mol. The molecule has 0 bridgehead atoms. The van der Waals surface area contributed by atoms with E-state index in [4.69, 9.17) is 14.0 Å². The Balaban J connectivity index is 1.58. The van der Waals surface area contributed by atoms with E-state index in [-0.39, 0.29) is 11.6 Å². The Kier molecular flexibility index (Phi) is 7.21. The summed E-state index contributed by atoms with van der Waals surface area (Å²) in [7, 11) is 3.08. The number of aromatic nitrogens is 2. The number of ether oxygens (including phenoxy) is 2. The van der Waals surface area contributed by atoms with Crippen molar-refractivity contribution in [3.63, 3.8) is 0 Å². The van der Waals surface area contributed by atoms with E-state index in [0.29, 0.717) is 35.8 Å². The zero-order chi connectivity index (χ0) is 22.2. The van der Waals surface area contributed by atoms with Gasteiger partial charge in [-0.1, -0.05) is 11.2 Å². The molecular weight excluding hydrogens is 400 g/mol. The van der Waals surface area contributed by atoms with Crippen molar-refractivity contribution in [2.45, 2.75) is 19.4 Å². The Hall–Kier alpha value is -3.88. The third-order valence-corrected chi connectivity index (χ3v) is 4.56. The number of nitrogens with zero attached hydrogens (tertiary/aromatic N) is 2. The summed E-state index contributed by atoms with van der Waals surface area (Å²) in [4.78, 5) is 29.0. The summed E-state index contributed by atoms with van der Waals surface area (Å²) in [5.41, 5.74) is 1.52. The van der Waals surface area contributed by atoms with Crippen LogP contribution in [0.2, 0.25) is 0 Å². The van der Waals surface area contributed by atoms with Crippen LogP contribution in [0.15, 0.2) is 53.2 Å². The van der Waals surface area contributed by atoms with E-state index in [1.807, 2.05) is 18.2 Å². The lowest BCUT2D eigenvalue weighted by molar-refractivity contribution is -0.122. The second-order valence-corrected chi connectivity index (χ2v) is 6.70. The summed E-state index contributed by atoms with van der Waals surface area (Å²) in [6, 6.07) is 11.5. The molecule has 1 aromatic carbocycles. The first kappa shape index (κ1) is 21.8. The number of hydrogen-bond donors (Lipinski definition) is 2. The maximum absolute atomic E-state index is 12.5. The van der Waals surface area contributed by atoms with Crippen LogP contribution in [0.5, 0.6) is 11.5 Å². The number of methoxy groups -OCH3 is 2. The normalized spacial score (nSPS) is 11.5. The molecule has 0 radical (unpaired) electrons. The molecule has 31 heavy (non-hydrogen) atoms. The minimum absolute atomic E-state index is 0.0491. The standard InChI is InChI=1S/C22H24N4O5/c1-14(21(27)24-11-9-15-6-4-5-10-23-15)25-22(28)18-13-20(31-26-18)17-12-16(29-2)7-8-19(17)30-3/h4-8,10,12-14H,9,11H2,1-3H3,(H,24,27)(H,25,28)/t14-/m1/s1. The predicted octanol–water partition coefficient (Wildman–Crippen LogP) is 2.23. The summed E-state index contributed by atoms with van der Waals surface area (Å²) in [5.74, 6) is 0.666. The molecule has 0 aliphatic carbocycles. The average molecular weight is 424 g/mol. The van der Waals surface area contributed by atoms with E-state index in [1.165, 1.54) is 13.2 Å². The van der Waals surface area contributed by atoms with Gasteiger partial charge in [-0.3, -0.25) is 14.6 Å². The van der Waals surface area contributed by atoms with Crippen LogP contribution in [0.1, 0.15) is 23.1 Å². The largest absolute Gasteiger partial charge is 0.497 e. The lowest BCUT2D eigenvalue weighted by Crippen LogP contribution is -2.45. The fourth-order valence-electron chi connectivity index (χ4n) is 2.86. The first-order valence-electron chi connectivity index (χ1n) is 9.69. The average Bonchev–Trinajstić information content (AvgIpc) is 3.29. The van der Waals surface area contributed by atoms with Crippen molar-refractivity contribution in [1.82, 2.24) is 20.8 Å². The van der Waals surface area contributed by atoms with Crippen LogP contribution in [0, 0.1) is 0 Å². The number of pyridine rings is 1. The summed E-state index contributed by atoms with van der Waals surface area (Å²) in [5, 5.41) is 9.21. The molecule has 2 aromatic heterocycles. The molecular formula is C22H24N4O5. The van der Waals surface area contributed by atoms with Crippen LogP contribution in [0.3, 0.4) is 0 Å². The van der Waals surface area contributed by atoms with E-state index in [1.54, 1.807) is 38.4 Å². The van der Waals surface area contributed by atoms with Crippen molar-refractivity contribution in [2.24, 2.45) is 0 Å². The molecule has 3 rings (SSSR count). The monoisotopic (exact) mass is 424 g/mol. The Bertz CT molecular complexity index is 1040. The Morgan fingerprint density at radius 2 is 1.97 bits per heavy atom. The van der Waals surface area contributed by atoms with Gasteiger partial charge in [-0.05, 0) is 37.3 Å². The third-order valence-electron chi connectivity index (χ3n) is 4.56. The molecule has 2 heterocycles. The van der Waals surface area contributed by atoms with Gasteiger partial charge in [0, 0.05) is 30.9 Å². The van der Waals surface area contributed by atoms with Gasteiger partial charge in [-0.25, -0.2) is 0 Å². The van der Waals surface area contributed by atoms with Crippen molar-refractivity contribution in [3.8, 4) is 22.8 Å². The summed E-state index contributed by atoms with van der Waals surface area (Å²) in [6.45, 7) is 2.01. The topological polar surface area (TPSA) is 116 Å². The number of hydrogen-bond acceptors (Lipinski definition) is 7. The van der Waals surface area contributed by atoms with E-state index >= 15 is 0 Å². The number of rotatable bonds is 9. The highest BCUT2D eigenvalue weighted by Crippen LogP contribution is 2.33. The minimum Gasteiger partial charge on any atom is -0.497 e. The second kappa shape index (κ2) is 10.2. The Morgan fingerprint density at radius 3 is 2.68 bits per heavy atom. The van der Waals surface area contributed by atoms with E-state index in [9.17, 15) is 9.59 Å². The van der Waals surface area contributed by atoms with Crippen LogP contribution in [0.4, 0.5) is 0 Å². The Labute approximate surface area is 179 Å². The van der Waals surface area contributed by atoms with Gasteiger partial charge in [-0.2, -0.15) is 0 Å². The molecule has 0 aliphatic heterocycles. The molecule has 9 heteroatoms. The number of benzene rings is 1. The van der Waals surface area contributed by atoms with Crippen molar-refractivity contribution in [2.75, 3.05) is 20.8 Å². The fraction of sp³-hybridized carbons (Fsp3) is 0.273. The summed E-state index contributed by atoms with van der Waals surface area (Å²) < 4.78 is 15.9. The molecule has 0 aliphatic rings. The number of amides is 2. The minimum atomic E-state index is -0.747. The van der Waals surface area contributed by atoms with Crippen LogP contribution >= 0.6 is 0 Å². The molecule has 9 nitrogen and oxygen atoms in total. The number of nitrogens with one attached hydrogen (secondary N) is 2. The zero-order valence-corrected chi connectivity index (χ0v) is 17.5. The highest BCUT2D eigenvalue weighted by molar-refractivity contribution is 5.96. The molecule has 2 amide bonds. The van der Waals surface area contributed by atoms with Crippen molar-refractivity contribution in [1.29, 1.82) is 0 Å². The van der Waals surface area contributed by atoms with E-state index in [2.05, 4.69) is 20.8 Å². The number of carbonyl (C=O) groups is 2. The molecule has 0 saturated carbocycles. The first-order chi connectivity index (χ1) is 15.0. The lowest BCUT2D eigenvalue weighted by atomic mass is 10.1. The van der Waals surface area contributed by atoms with Crippen molar-refractivity contribution in [3.05, 3.63) is 60.0 Å². The highest BCUT2D eigenvalue weighted by atomic mass is 16.5. The SMILES string of the molecule is COc1ccc(OC)c(-c2cc(C(=O)N[C@H](C)C(=O)NCCc3ccccn3)no2)c1. The zero-order valence-electron chi connectivity index (χ0n) is 17.5. The van der Waals surface area contributed by atoms with Gasteiger partial charge in [0.2, 0.25) is 5.91 Å². The molecule has 2 N–H and O–H groups in total. The molecule has 0 unspecified atom stereocenters. The third kappa shape index (κ3) is 5.59. The molecule has 3 aromatic rings. The van der Waals surface area contributed by atoms with Crippen molar-refractivity contribution < 1.29 is 23.6 Å². The lowest BCUT2D eigenvalue weighted by Gasteiger charge is -2.13. The first-order valence-corrected chi connectivity index (χ1v) is 9.69. The maximum Gasteiger partial charge on any atom is 0.274 e. The van der Waals surface area contributed by atoms with Crippen LogP contribution in [-0.4, -0.2) is 48.8 Å². The molecule has 0 spiro atoms. The van der Waals surface area contributed by atoms with E-state index in [0.717, 1.165) is 5.69 Å². The van der Waals surface area contributed by atoms with Gasteiger partial charge < -0.3 is 24.6 Å². The van der Waals surface area contributed by atoms with Crippen LogP contribution in [-0.2, 0) is 11.2 Å². The summed E-state index contributed by atoms with van der Waals surface area (Å²) >= 11 is 0. The Morgan fingerprint density at radius 1 is 1.13 bits per heavy atom. The van der Waals surface area contributed by atoms with Gasteiger partial charge in [0.15, 0.2) is 11.5 Å². The van der Waals surface area contributed by atoms with Gasteiger partial charge in [0.1, 0.15) is 17.5 Å². The van der Waals surface area contributed by atoms with Crippen molar-refractivity contribution >= 4 is 11.8 Å². The van der Waals surface area contributed by atoms with Gasteiger partial charge >= 0.3 is 0 Å². The van der Waals surface area contributed by atoms with E-state index < -0.39 is 11.9 Å². The highest BCUT2D eigenvalue weighted by Gasteiger charge is 2.21. The van der Waals surface area contributed by atoms with Gasteiger partial charge in [-0.15, -0.1) is 0 Å². The molecule has 0 fully saturated rings. The number of carbonyl (C=O) groups excluding carboxylic acids is 2. The second-order valence-electron chi connectivity index (χ2n) is 6.70. The quantitative estimate of drug-likeness (QED) is 0.541. The molecule has 162 valence electrons. The molecule has 1 atom stereocenters. The van der Waals surface area contributed by atoms with Crippen LogP contribution in [0.25, 0.3) is 11.3 Å². The maximum atomic E-state index is 12.5. The fourth-order valence-corrected chi connectivity index (χ4v) is 2.86. The molecule has 0 saturated heterocycles. The summed E-state index contributed by atoms with van der Waals surface area (Å²) in [6.07, 6.45) is 2.30. The smallest absolute Gasteiger partial charge is 0.274 e. The van der Waals surface area contributed by atoms with Gasteiger partial charge in [0.25, 0.3) is 5.91 Å².